The van der Waals surface area contributed by atoms with Crippen LogP contribution in [0.4, 0.5) is 5.82 Å². The van der Waals surface area contributed by atoms with Crippen LogP contribution in [0.25, 0.3) is 0 Å². The maximum atomic E-state index is 11.7. The molecule has 1 saturated heterocycles. The number of nitrogens with zero attached hydrogens (tertiary/aromatic N) is 4. The number of aryl methyl sites for hydroxylation is 2. The molecule has 0 aliphatic carbocycles. The van der Waals surface area contributed by atoms with Crippen LogP contribution < -0.4 is 4.90 Å². The van der Waals surface area contributed by atoms with Crippen LogP contribution in [0.15, 0.2) is 18.7 Å². The first-order valence-electron chi connectivity index (χ1n) is 7.05. The summed E-state index contributed by atoms with van der Waals surface area (Å²) in [6, 6.07) is 2.31. The number of piperazine rings is 1. The highest BCUT2D eigenvalue weighted by molar-refractivity contribution is 5.87. The van der Waals surface area contributed by atoms with E-state index in [1.165, 1.54) is 6.08 Å². The Morgan fingerprint density at radius 1 is 1.45 bits per heavy atom. The van der Waals surface area contributed by atoms with Crippen LogP contribution in [0.1, 0.15) is 24.9 Å². The fraction of sp³-hybridized carbons (Fsp3) is 0.533. The number of carbonyl (C=O) groups excluding carboxylic acids is 1. The van der Waals surface area contributed by atoms with E-state index in [9.17, 15) is 4.79 Å². The average molecular weight is 274 g/mol. The van der Waals surface area contributed by atoms with Gasteiger partial charge in [-0.15, -0.1) is 0 Å². The summed E-state index contributed by atoms with van der Waals surface area (Å²) < 4.78 is 0. The van der Waals surface area contributed by atoms with Gasteiger partial charge in [0.1, 0.15) is 11.6 Å². The van der Waals surface area contributed by atoms with E-state index in [1.807, 2.05) is 24.8 Å². The van der Waals surface area contributed by atoms with Crippen molar-refractivity contribution in [3.63, 3.8) is 0 Å². The Bertz CT molecular complexity index is 494. The number of hydrogen-bond acceptors (Lipinski definition) is 4. The van der Waals surface area contributed by atoms with Gasteiger partial charge in [-0.1, -0.05) is 13.5 Å². The van der Waals surface area contributed by atoms with Gasteiger partial charge in [-0.25, -0.2) is 9.97 Å². The van der Waals surface area contributed by atoms with Crippen molar-refractivity contribution in [2.75, 3.05) is 24.5 Å². The Morgan fingerprint density at radius 3 is 2.80 bits per heavy atom. The van der Waals surface area contributed by atoms with E-state index in [2.05, 4.69) is 28.4 Å². The molecule has 20 heavy (non-hydrogen) atoms. The summed E-state index contributed by atoms with van der Waals surface area (Å²) in [6.45, 7) is 11.8. The first-order chi connectivity index (χ1) is 9.55. The minimum atomic E-state index is 0.0122. The molecule has 1 aromatic heterocycles. The molecule has 0 radical (unpaired) electrons. The van der Waals surface area contributed by atoms with Crippen LogP contribution in [0.5, 0.6) is 0 Å². The Labute approximate surface area is 120 Å². The van der Waals surface area contributed by atoms with Gasteiger partial charge in [0.2, 0.25) is 5.91 Å². The minimum absolute atomic E-state index is 0.0122. The number of anilines is 1. The fourth-order valence-corrected chi connectivity index (χ4v) is 2.68. The molecule has 1 unspecified atom stereocenters. The Kier molecular flexibility index (Phi) is 4.37. The molecule has 1 aromatic rings. The summed E-state index contributed by atoms with van der Waals surface area (Å²) in [5, 5.41) is 0. The van der Waals surface area contributed by atoms with Crippen LogP contribution in [0, 0.1) is 13.8 Å². The van der Waals surface area contributed by atoms with E-state index in [4.69, 9.17) is 0 Å². The van der Waals surface area contributed by atoms with Gasteiger partial charge in [0, 0.05) is 37.4 Å². The standard InChI is InChI=1S/C15H22N4O/c1-5-13-10-18(15(20)6-2)7-8-19(13)14-9-11(3)16-12(4)17-14/h6,9,13H,2,5,7-8,10H2,1,3-4H3. The van der Waals surface area contributed by atoms with Crippen LogP contribution in [-0.2, 0) is 4.79 Å². The number of rotatable bonds is 3. The van der Waals surface area contributed by atoms with Crippen LogP contribution in [-0.4, -0.2) is 46.5 Å². The summed E-state index contributed by atoms with van der Waals surface area (Å²) in [4.78, 5) is 24.7. The molecule has 1 fully saturated rings. The Balaban J connectivity index is 2.20. The lowest BCUT2D eigenvalue weighted by molar-refractivity contribution is -0.126. The molecule has 5 heteroatoms. The zero-order valence-corrected chi connectivity index (χ0v) is 12.5. The maximum Gasteiger partial charge on any atom is 0.246 e. The van der Waals surface area contributed by atoms with Gasteiger partial charge in [0.25, 0.3) is 0 Å². The first kappa shape index (κ1) is 14.5. The molecule has 2 heterocycles. The Hall–Kier alpha value is -1.91. The second-order valence-electron chi connectivity index (χ2n) is 5.16. The predicted octanol–water partition coefficient (Wildman–Crippen LogP) is 1.71. The first-order valence-corrected chi connectivity index (χ1v) is 7.05. The average Bonchev–Trinajstić information content (AvgIpc) is 2.44. The topological polar surface area (TPSA) is 49.3 Å². The van der Waals surface area contributed by atoms with Gasteiger partial charge in [-0.2, -0.15) is 0 Å². The molecule has 0 spiro atoms. The van der Waals surface area contributed by atoms with Crippen molar-refractivity contribution in [2.45, 2.75) is 33.2 Å². The molecule has 1 aliphatic rings. The molecule has 0 bridgehead atoms. The summed E-state index contributed by atoms with van der Waals surface area (Å²) in [5.74, 6) is 1.77. The largest absolute Gasteiger partial charge is 0.350 e. The molecular formula is C15H22N4O. The second-order valence-corrected chi connectivity index (χ2v) is 5.16. The van der Waals surface area contributed by atoms with Gasteiger partial charge in [-0.05, 0) is 26.3 Å². The molecule has 1 amide bonds. The summed E-state index contributed by atoms with van der Waals surface area (Å²) in [7, 11) is 0. The molecule has 0 N–H and O–H groups in total. The molecule has 0 saturated carbocycles. The van der Waals surface area contributed by atoms with Crippen molar-refractivity contribution in [3.05, 3.63) is 30.2 Å². The third kappa shape index (κ3) is 2.98. The van der Waals surface area contributed by atoms with Crippen molar-refractivity contribution >= 4 is 11.7 Å². The zero-order chi connectivity index (χ0) is 14.7. The monoisotopic (exact) mass is 274 g/mol. The van der Waals surface area contributed by atoms with Gasteiger partial charge < -0.3 is 9.80 Å². The van der Waals surface area contributed by atoms with Crippen LogP contribution in [0.3, 0.4) is 0 Å². The molecule has 1 aliphatic heterocycles. The van der Waals surface area contributed by atoms with E-state index in [-0.39, 0.29) is 5.91 Å². The van der Waals surface area contributed by atoms with E-state index >= 15 is 0 Å². The van der Waals surface area contributed by atoms with E-state index in [1.54, 1.807) is 0 Å². The van der Waals surface area contributed by atoms with Gasteiger partial charge in [0.05, 0.1) is 0 Å². The number of aromatic nitrogens is 2. The third-order valence-electron chi connectivity index (χ3n) is 3.69. The lowest BCUT2D eigenvalue weighted by atomic mass is 10.1. The van der Waals surface area contributed by atoms with Crippen LogP contribution in [0.2, 0.25) is 0 Å². The normalized spacial score (nSPS) is 19.1. The Morgan fingerprint density at radius 2 is 2.20 bits per heavy atom. The second kappa shape index (κ2) is 6.03. The lowest BCUT2D eigenvalue weighted by Gasteiger charge is -2.41. The molecule has 108 valence electrons. The van der Waals surface area contributed by atoms with E-state index in [0.717, 1.165) is 36.8 Å². The molecular weight excluding hydrogens is 252 g/mol. The van der Waals surface area contributed by atoms with E-state index in [0.29, 0.717) is 12.6 Å². The number of amides is 1. The minimum Gasteiger partial charge on any atom is -0.350 e. The van der Waals surface area contributed by atoms with Crippen molar-refractivity contribution in [3.8, 4) is 0 Å². The number of hydrogen-bond donors (Lipinski definition) is 0. The lowest BCUT2D eigenvalue weighted by Crippen LogP contribution is -2.54. The summed E-state index contributed by atoms with van der Waals surface area (Å²) in [5.41, 5.74) is 0.979. The van der Waals surface area contributed by atoms with Gasteiger partial charge >= 0.3 is 0 Å². The SMILES string of the molecule is C=CC(=O)N1CCN(c2cc(C)nc(C)n2)C(CC)C1. The quantitative estimate of drug-likeness (QED) is 0.787. The summed E-state index contributed by atoms with van der Waals surface area (Å²) >= 11 is 0. The third-order valence-corrected chi connectivity index (χ3v) is 3.69. The van der Waals surface area contributed by atoms with Crippen molar-refractivity contribution in [1.29, 1.82) is 0 Å². The van der Waals surface area contributed by atoms with Crippen molar-refractivity contribution < 1.29 is 4.79 Å². The van der Waals surface area contributed by atoms with Crippen LogP contribution >= 0.6 is 0 Å². The predicted molar refractivity (Wildman–Crippen MR) is 79.7 cm³/mol. The molecule has 2 rings (SSSR count). The molecule has 1 atom stereocenters. The molecule has 0 aromatic carbocycles. The van der Waals surface area contributed by atoms with E-state index < -0.39 is 0 Å². The van der Waals surface area contributed by atoms with Gasteiger partial charge in [-0.3, -0.25) is 4.79 Å². The molecule has 5 nitrogen and oxygen atoms in total. The highest BCUT2D eigenvalue weighted by Crippen LogP contribution is 2.21. The highest BCUT2D eigenvalue weighted by Gasteiger charge is 2.28. The smallest absolute Gasteiger partial charge is 0.246 e. The summed E-state index contributed by atoms with van der Waals surface area (Å²) in [6.07, 6.45) is 2.37. The van der Waals surface area contributed by atoms with Crippen molar-refractivity contribution in [1.82, 2.24) is 14.9 Å². The maximum absolute atomic E-state index is 11.7. The zero-order valence-electron chi connectivity index (χ0n) is 12.5. The fourth-order valence-electron chi connectivity index (χ4n) is 2.68. The van der Waals surface area contributed by atoms with Gasteiger partial charge in [0.15, 0.2) is 0 Å². The van der Waals surface area contributed by atoms with Crippen molar-refractivity contribution in [2.24, 2.45) is 0 Å². The highest BCUT2D eigenvalue weighted by atomic mass is 16.2. The number of carbonyl (C=O) groups is 1.